The van der Waals surface area contributed by atoms with Gasteiger partial charge in [0, 0.05) is 24.2 Å². The summed E-state index contributed by atoms with van der Waals surface area (Å²) in [6.45, 7) is 3.11. The van der Waals surface area contributed by atoms with E-state index in [-0.39, 0.29) is 11.3 Å². The first-order valence-electron chi connectivity index (χ1n) is 11.3. The van der Waals surface area contributed by atoms with Crippen molar-refractivity contribution < 1.29 is 14.3 Å². The predicted octanol–water partition coefficient (Wildman–Crippen LogP) is 5.11. The Bertz CT molecular complexity index is 874. The molecule has 0 radical (unpaired) electrons. The van der Waals surface area contributed by atoms with Gasteiger partial charge in [0.05, 0.1) is 6.61 Å². The highest BCUT2D eigenvalue weighted by molar-refractivity contribution is 5.83. The van der Waals surface area contributed by atoms with Gasteiger partial charge in [-0.25, -0.2) is 4.98 Å². The Morgan fingerprint density at radius 2 is 1.67 bits per heavy atom. The Labute approximate surface area is 178 Å². The summed E-state index contributed by atoms with van der Waals surface area (Å²) in [5, 5.41) is 3.23. The van der Waals surface area contributed by atoms with Crippen molar-refractivity contribution in [3.8, 4) is 17.4 Å². The maximum absolute atomic E-state index is 13.2. The van der Waals surface area contributed by atoms with Crippen LogP contribution in [0.1, 0.15) is 51.0 Å². The van der Waals surface area contributed by atoms with Gasteiger partial charge in [-0.3, -0.25) is 4.79 Å². The second-order valence-corrected chi connectivity index (χ2v) is 9.39. The van der Waals surface area contributed by atoms with Crippen molar-refractivity contribution in [2.24, 2.45) is 23.2 Å². The Hall–Kier alpha value is -2.56. The average Bonchev–Trinajstić information content (AvgIpc) is 2.73. The van der Waals surface area contributed by atoms with Crippen LogP contribution in [-0.4, -0.2) is 17.5 Å². The minimum atomic E-state index is -0.108. The normalized spacial score (nSPS) is 28.9. The van der Waals surface area contributed by atoms with E-state index in [0.29, 0.717) is 24.8 Å². The molecule has 0 spiro atoms. The summed E-state index contributed by atoms with van der Waals surface area (Å²) in [6.07, 6.45) is 9.05. The Morgan fingerprint density at radius 3 is 2.30 bits per heavy atom. The Morgan fingerprint density at radius 1 is 1.03 bits per heavy atom. The fourth-order valence-electron chi connectivity index (χ4n) is 6.27. The molecule has 1 aromatic heterocycles. The molecule has 1 N–H and O–H groups in total. The van der Waals surface area contributed by atoms with E-state index in [9.17, 15) is 4.79 Å². The lowest BCUT2D eigenvalue weighted by Gasteiger charge is -2.55. The van der Waals surface area contributed by atoms with E-state index in [1.165, 1.54) is 19.3 Å². The zero-order valence-corrected chi connectivity index (χ0v) is 17.6. The Kier molecular flexibility index (Phi) is 5.13. The molecule has 2 aromatic rings. The van der Waals surface area contributed by atoms with Crippen LogP contribution in [0.3, 0.4) is 0 Å². The number of nitrogens with zero attached hydrogens (tertiary/aromatic N) is 1. The van der Waals surface area contributed by atoms with Crippen molar-refractivity contribution >= 4 is 5.91 Å². The molecule has 30 heavy (non-hydrogen) atoms. The predicted molar refractivity (Wildman–Crippen MR) is 114 cm³/mol. The van der Waals surface area contributed by atoms with Crippen LogP contribution in [0.15, 0.2) is 42.6 Å². The van der Waals surface area contributed by atoms with Gasteiger partial charge in [-0.2, -0.15) is 0 Å². The van der Waals surface area contributed by atoms with Crippen molar-refractivity contribution in [1.82, 2.24) is 10.3 Å². The first-order chi connectivity index (χ1) is 14.6. The number of benzene rings is 1. The van der Waals surface area contributed by atoms with Crippen molar-refractivity contribution in [3.05, 3.63) is 48.2 Å². The van der Waals surface area contributed by atoms with Gasteiger partial charge in [0.25, 0.3) is 0 Å². The van der Waals surface area contributed by atoms with Crippen molar-refractivity contribution in [2.45, 2.75) is 52.0 Å². The van der Waals surface area contributed by atoms with E-state index in [2.05, 4.69) is 10.3 Å². The highest BCUT2D eigenvalue weighted by Crippen LogP contribution is 2.60. The summed E-state index contributed by atoms with van der Waals surface area (Å²) in [7, 11) is 0. The zero-order chi connectivity index (χ0) is 20.6. The molecule has 4 bridgehead atoms. The SMILES string of the molecule is CCOc1ccc(Oc2cc(CNC(=O)C34CC5CC(CC(C5)C3)C4)ccn2)cc1. The Balaban J connectivity index is 1.20. The monoisotopic (exact) mass is 406 g/mol. The third-order valence-electron chi connectivity index (χ3n) is 7.13. The number of aromatic nitrogens is 1. The average molecular weight is 407 g/mol. The number of rotatable bonds is 7. The number of carbonyl (C=O) groups excluding carboxylic acids is 1. The number of pyridine rings is 1. The number of ether oxygens (including phenoxy) is 2. The fraction of sp³-hybridized carbons (Fsp3) is 0.520. The molecule has 5 nitrogen and oxygen atoms in total. The minimum Gasteiger partial charge on any atom is -0.494 e. The van der Waals surface area contributed by atoms with E-state index in [1.807, 2.05) is 43.3 Å². The van der Waals surface area contributed by atoms with Crippen LogP contribution in [0.4, 0.5) is 0 Å². The summed E-state index contributed by atoms with van der Waals surface area (Å²) in [6, 6.07) is 11.3. The molecule has 4 aliphatic rings. The van der Waals surface area contributed by atoms with E-state index in [4.69, 9.17) is 9.47 Å². The van der Waals surface area contributed by atoms with E-state index < -0.39 is 0 Å². The summed E-state index contributed by atoms with van der Waals surface area (Å²) in [5.41, 5.74) is 0.896. The van der Waals surface area contributed by atoms with Crippen molar-refractivity contribution in [2.75, 3.05) is 6.61 Å². The number of amides is 1. The molecule has 4 aliphatic carbocycles. The second kappa shape index (κ2) is 7.93. The quantitative estimate of drug-likeness (QED) is 0.694. The first-order valence-corrected chi connectivity index (χ1v) is 11.3. The van der Waals surface area contributed by atoms with Crippen LogP contribution in [0.5, 0.6) is 17.4 Å². The molecular weight excluding hydrogens is 376 g/mol. The second-order valence-electron chi connectivity index (χ2n) is 9.39. The van der Waals surface area contributed by atoms with Crippen LogP contribution in [0.2, 0.25) is 0 Å². The maximum Gasteiger partial charge on any atom is 0.226 e. The van der Waals surface area contributed by atoms with Gasteiger partial charge in [-0.15, -0.1) is 0 Å². The topological polar surface area (TPSA) is 60.5 Å². The van der Waals surface area contributed by atoms with Crippen LogP contribution in [-0.2, 0) is 11.3 Å². The smallest absolute Gasteiger partial charge is 0.226 e. The molecule has 4 saturated carbocycles. The number of hydrogen-bond acceptors (Lipinski definition) is 4. The highest BCUT2D eigenvalue weighted by Gasteiger charge is 2.54. The molecule has 1 amide bonds. The molecule has 1 heterocycles. The standard InChI is InChI=1S/C25H30N2O3/c1-2-29-21-3-5-22(6-4-21)30-23-12-17(7-8-26-23)16-27-24(28)25-13-18-9-19(14-25)11-20(10-18)15-25/h3-8,12,18-20H,2,9-11,13-16H2,1H3,(H,27,28). The highest BCUT2D eigenvalue weighted by atomic mass is 16.5. The van der Waals surface area contributed by atoms with E-state index >= 15 is 0 Å². The largest absolute Gasteiger partial charge is 0.494 e. The third kappa shape index (κ3) is 3.90. The van der Waals surface area contributed by atoms with Crippen molar-refractivity contribution in [3.63, 3.8) is 0 Å². The summed E-state index contributed by atoms with van der Waals surface area (Å²) < 4.78 is 11.3. The summed E-state index contributed by atoms with van der Waals surface area (Å²) in [5.74, 6) is 4.64. The van der Waals surface area contributed by atoms with Crippen LogP contribution in [0.25, 0.3) is 0 Å². The van der Waals surface area contributed by atoms with Crippen LogP contribution in [0, 0.1) is 23.2 Å². The third-order valence-corrected chi connectivity index (χ3v) is 7.13. The molecule has 0 aliphatic heterocycles. The molecule has 158 valence electrons. The van der Waals surface area contributed by atoms with Gasteiger partial charge in [0.1, 0.15) is 11.5 Å². The number of carbonyl (C=O) groups is 1. The first kappa shape index (κ1) is 19.4. The maximum atomic E-state index is 13.2. The number of nitrogens with one attached hydrogen (secondary N) is 1. The lowest BCUT2D eigenvalue weighted by atomic mass is 9.49. The van der Waals surface area contributed by atoms with Gasteiger partial charge >= 0.3 is 0 Å². The lowest BCUT2D eigenvalue weighted by molar-refractivity contribution is -0.146. The lowest BCUT2D eigenvalue weighted by Crippen LogP contribution is -2.53. The molecule has 1 aromatic carbocycles. The number of hydrogen-bond donors (Lipinski definition) is 1. The van der Waals surface area contributed by atoms with Gasteiger partial charge < -0.3 is 14.8 Å². The minimum absolute atomic E-state index is 0.108. The summed E-state index contributed by atoms with van der Waals surface area (Å²) >= 11 is 0. The van der Waals surface area contributed by atoms with Crippen LogP contribution < -0.4 is 14.8 Å². The van der Waals surface area contributed by atoms with E-state index in [1.54, 1.807) is 6.20 Å². The molecule has 0 saturated heterocycles. The van der Waals surface area contributed by atoms with Gasteiger partial charge in [0.15, 0.2) is 0 Å². The van der Waals surface area contributed by atoms with Crippen molar-refractivity contribution in [1.29, 1.82) is 0 Å². The fourth-order valence-corrected chi connectivity index (χ4v) is 6.27. The molecule has 0 atom stereocenters. The van der Waals surface area contributed by atoms with Gasteiger partial charge in [0.2, 0.25) is 11.8 Å². The molecule has 6 rings (SSSR count). The van der Waals surface area contributed by atoms with E-state index in [0.717, 1.165) is 48.3 Å². The summed E-state index contributed by atoms with van der Waals surface area (Å²) in [4.78, 5) is 17.5. The molecule has 0 unspecified atom stereocenters. The zero-order valence-electron chi connectivity index (χ0n) is 17.6. The molecular formula is C25H30N2O3. The van der Waals surface area contributed by atoms with Crippen LogP contribution >= 0.6 is 0 Å². The molecule has 5 heteroatoms. The van der Waals surface area contributed by atoms with Gasteiger partial charge in [-0.1, -0.05) is 0 Å². The molecule has 4 fully saturated rings. The van der Waals surface area contributed by atoms with Gasteiger partial charge in [-0.05, 0) is 99.1 Å².